The second-order valence-corrected chi connectivity index (χ2v) is 3.58. The lowest BCUT2D eigenvalue weighted by atomic mass is 10.6. The molecule has 3 heteroatoms. The van der Waals surface area contributed by atoms with E-state index in [1.54, 1.807) is 13.8 Å². The summed E-state index contributed by atoms with van der Waals surface area (Å²) < 4.78 is 22.6. The summed E-state index contributed by atoms with van der Waals surface area (Å²) in [5, 5.41) is 0. The summed E-state index contributed by atoms with van der Waals surface area (Å²) in [6, 6.07) is 0. The molecular formula is C3H8F2Si. The van der Waals surface area contributed by atoms with Gasteiger partial charge in [-0.15, -0.1) is 0 Å². The van der Waals surface area contributed by atoms with Crippen LogP contribution in [0.4, 0.5) is 8.22 Å². The highest BCUT2D eigenvalue weighted by Gasteiger charge is 2.11. The molecule has 0 saturated carbocycles. The molecule has 0 atom stereocenters. The molecule has 38 valence electrons. The third-order valence-electron chi connectivity index (χ3n) is 0.504. The van der Waals surface area contributed by atoms with Gasteiger partial charge in [-0.05, 0) is 0 Å². The molecule has 0 nitrogen and oxygen atoms in total. The average molecular weight is 110 g/mol. The van der Waals surface area contributed by atoms with Crippen LogP contribution in [0.3, 0.4) is 0 Å². The van der Waals surface area contributed by atoms with Crippen LogP contribution in [0.15, 0.2) is 0 Å². The SMILES string of the molecule is CC(C)[SiH](F)F. The van der Waals surface area contributed by atoms with Crippen LogP contribution in [0.1, 0.15) is 13.8 Å². The molecular weight excluding hydrogens is 102 g/mol. The largest absolute Gasteiger partial charge is 0.413 e. The first kappa shape index (κ1) is 6.08. The Hall–Kier alpha value is 0.0769. The van der Waals surface area contributed by atoms with Gasteiger partial charge in [-0.3, -0.25) is 8.22 Å². The van der Waals surface area contributed by atoms with Crippen LogP contribution in [-0.2, 0) is 0 Å². The first-order valence-electron chi connectivity index (χ1n) is 1.92. The van der Waals surface area contributed by atoms with Crippen LogP contribution < -0.4 is 0 Å². The highest BCUT2D eigenvalue weighted by atomic mass is 28.4. The Morgan fingerprint density at radius 3 is 1.50 bits per heavy atom. The molecule has 0 aromatic rings. The van der Waals surface area contributed by atoms with E-state index in [0.29, 0.717) is 0 Å². The van der Waals surface area contributed by atoms with E-state index in [1.165, 1.54) is 0 Å². The molecule has 0 bridgehead atoms. The van der Waals surface area contributed by atoms with Crippen molar-refractivity contribution >= 4 is 9.46 Å². The summed E-state index contributed by atoms with van der Waals surface area (Å²) in [7, 11) is -3.24. The molecule has 0 rings (SSSR count). The molecule has 0 fully saturated rings. The normalized spacial score (nSPS) is 11.0. The molecule has 0 N–H and O–H groups in total. The van der Waals surface area contributed by atoms with E-state index in [0.717, 1.165) is 0 Å². The molecule has 0 spiro atoms. The fraction of sp³-hybridized carbons (Fsp3) is 1.00. The fourth-order valence-electron chi connectivity index (χ4n) is 0. The molecule has 0 amide bonds. The molecule has 0 aromatic carbocycles. The summed E-state index contributed by atoms with van der Waals surface area (Å²) in [6.07, 6.45) is 0. The van der Waals surface area contributed by atoms with Gasteiger partial charge in [0.1, 0.15) is 0 Å². The smallest absolute Gasteiger partial charge is 0.275 e. The van der Waals surface area contributed by atoms with E-state index in [4.69, 9.17) is 0 Å². The number of hydrogen-bond acceptors (Lipinski definition) is 0. The van der Waals surface area contributed by atoms with Crippen molar-refractivity contribution in [3.63, 3.8) is 0 Å². The zero-order chi connectivity index (χ0) is 5.15. The first-order chi connectivity index (χ1) is 2.64. The quantitative estimate of drug-likeness (QED) is 0.355. The number of rotatable bonds is 1. The van der Waals surface area contributed by atoms with Gasteiger partial charge in [0.2, 0.25) is 0 Å². The van der Waals surface area contributed by atoms with E-state index in [9.17, 15) is 8.22 Å². The van der Waals surface area contributed by atoms with Crippen molar-refractivity contribution in [2.75, 3.05) is 0 Å². The Kier molecular flexibility index (Phi) is 2.31. The van der Waals surface area contributed by atoms with Crippen LogP contribution >= 0.6 is 0 Å². The van der Waals surface area contributed by atoms with Crippen LogP contribution in [0, 0.1) is 0 Å². The lowest BCUT2D eigenvalue weighted by Gasteiger charge is -1.94. The van der Waals surface area contributed by atoms with E-state index < -0.39 is 9.46 Å². The highest BCUT2D eigenvalue weighted by molar-refractivity contribution is 6.44. The predicted octanol–water partition coefficient (Wildman–Crippen LogP) is 1.56. The summed E-state index contributed by atoms with van der Waals surface area (Å²) in [5.41, 5.74) is -0.343. The summed E-state index contributed by atoms with van der Waals surface area (Å²) in [4.78, 5) is 0. The second-order valence-electron chi connectivity index (χ2n) is 1.58. The van der Waals surface area contributed by atoms with Crippen molar-refractivity contribution in [1.82, 2.24) is 0 Å². The first-order valence-corrected chi connectivity index (χ1v) is 3.46. The number of halogens is 2. The standard InChI is InChI=1S/C3H8F2Si/c1-3(2)6(4)5/h3,6H,1-2H3. The molecule has 0 aliphatic heterocycles. The molecule has 0 saturated heterocycles. The Labute approximate surface area is 38.1 Å². The van der Waals surface area contributed by atoms with Crippen molar-refractivity contribution in [2.45, 2.75) is 19.4 Å². The van der Waals surface area contributed by atoms with Crippen molar-refractivity contribution in [3.05, 3.63) is 0 Å². The summed E-state index contributed by atoms with van der Waals surface area (Å²) in [5.74, 6) is 0. The van der Waals surface area contributed by atoms with Crippen LogP contribution in [0.5, 0.6) is 0 Å². The zero-order valence-corrected chi connectivity index (χ0v) is 5.07. The van der Waals surface area contributed by atoms with Crippen LogP contribution in [0.25, 0.3) is 0 Å². The van der Waals surface area contributed by atoms with Crippen LogP contribution in [0.2, 0.25) is 5.54 Å². The maximum Gasteiger partial charge on any atom is 0.413 e. The molecule has 0 radical (unpaired) electrons. The van der Waals surface area contributed by atoms with Crippen molar-refractivity contribution < 1.29 is 8.22 Å². The van der Waals surface area contributed by atoms with Gasteiger partial charge < -0.3 is 0 Å². The Morgan fingerprint density at radius 2 is 1.50 bits per heavy atom. The third-order valence-corrected chi connectivity index (χ3v) is 1.51. The van der Waals surface area contributed by atoms with Crippen LogP contribution in [-0.4, -0.2) is 9.46 Å². The van der Waals surface area contributed by atoms with Crippen molar-refractivity contribution in [3.8, 4) is 0 Å². The van der Waals surface area contributed by atoms with Gasteiger partial charge in [0, 0.05) is 5.54 Å². The van der Waals surface area contributed by atoms with Gasteiger partial charge in [-0.2, -0.15) is 0 Å². The minimum Gasteiger partial charge on any atom is -0.275 e. The Bertz CT molecular complexity index is 29.8. The van der Waals surface area contributed by atoms with Gasteiger partial charge in [0.25, 0.3) is 0 Å². The minimum atomic E-state index is -3.24. The molecule has 0 aliphatic carbocycles. The Balaban J connectivity index is 2.99. The zero-order valence-electron chi connectivity index (χ0n) is 3.91. The highest BCUT2D eigenvalue weighted by Crippen LogP contribution is 2.07. The molecule has 0 heterocycles. The van der Waals surface area contributed by atoms with Crippen molar-refractivity contribution in [1.29, 1.82) is 0 Å². The fourth-order valence-corrected chi connectivity index (χ4v) is 0. The van der Waals surface area contributed by atoms with E-state index in [2.05, 4.69) is 0 Å². The topological polar surface area (TPSA) is 0 Å². The maximum absolute atomic E-state index is 11.3. The predicted molar refractivity (Wildman–Crippen MR) is 24.5 cm³/mol. The van der Waals surface area contributed by atoms with Gasteiger partial charge in [0.05, 0.1) is 0 Å². The van der Waals surface area contributed by atoms with E-state index >= 15 is 0 Å². The number of hydrogen-bond donors (Lipinski definition) is 0. The van der Waals surface area contributed by atoms with Gasteiger partial charge in [-0.1, -0.05) is 13.8 Å². The lowest BCUT2D eigenvalue weighted by Crippen LogP contribution is -1.99. The lowest BCUT2D eigenvalue weighted by molar-refractivity contribution is 0.625. The molecule has 0 aliphatic rings. The van der Waals surface area contributed by atoms with Crippen molar-refractivity contribution in [2.24, 2.45) is 0 Å². The Morgan fingerprint density at radius 1 is 1.33 bits per heavy atom. The average Bonchev–Trinajstić information content (AvgIpc) is 1.36. The monoisotopic (exact) mass is 110 g/mol. The molecule has 6 heavy (non-hydrogen) atoms. The maximum atomic E-state index is 11.3. The minimum absolute atomic E-state index is 0.343. The molecule has 0 unspecified atom stereocenters. The van der Waals surface area contributed by atoms with E-state index in [1.807, 2.05) is 0 Å². The third kappa shape index (κ3) is 2.32. The van der Waals surface area contributed by atoms with E-state index in [-0.39, 0.29) is 5.54 Å². The van der Waals surface area contributed by atoms with Gasteiger partial charge >= 0.3 is 9.46 Å². The summed E-state index contributed by atoms with van der Waals surface area (Å²) >= 11 is 0. The summed E-state index contributed by atoms with van der Waals surface area (Å²) in [6.45, 7) is 3.10. The molecule has 0 aromatic heterocycles. The van der Waals surface area contributed by atoms with Gasteiger partial charge in [-0.25, -0.2) is 0 Å². The van der Waals surface area contributed by atoms with Gasteiger partial charge in [0.15, 0.2) is 0 Å². The second kappa shape index (κ2) is 2.29.